The summed E-state index contributed by atoms with van der Waals surface area (Å²) in [7, 11) is 0. The first-order valence-corrected chi connectivity index (χ1v) is 6.68. The second kappa shape index (κ2) is 5.01. The molecule has 1 aromatic carbocycles. The van der Waals surface area contributed by atoms with E-state index >= 15 is 0 Å². The van der Waals surface area contributed by atoms with Crippen LogP contribution in [0.4, 0.5) is 23.0 Å². The summed E-state index contributed by atoms with van der Waals surface area (Å²) < 4.78 is 0. The minimum atomic E-state index is -0.521. The molecule has 7 nitrogen and oxygen atoms in total. The summed E-state index contributed by atoms with van der Waals surface area (Å²) in [5, 5.41) is 11.3. The summed E-state index contributed by atoms with van der Waals surface area (Å²) in [5.74, 6) is 0.517. The second-order valence-electron chi connectivity index (χ2n) is 5.24. The van der Waals surface area contributed by atoms with Crippen molar-refractivity contribution in [3.05, 3.63) is 46.3 Å². The van der Waals surface area contributed by atoms with Crippen LogP contribution in [0.15, 0.2) is 30.6 Å². The van der Waals surface area contributed by atoms with E-state index in [9.17, 15) is 10.1 Å². The van der Waals surface area contributed by atoms with Crippen molar-refractivity contribution < 1.29 is 4.92 Å². The number of aromatic nitrogens is 2. The SMILES string of the molecule is CC1Cc2ccccc2N(c2ncnc(N)c2[N+](=O)[O-])C1. The molecule has 2 N–H and O–H groups in total. The summed E-state index contributed by atoms with van der Waals surface area (Å²) in [6, 6.07) is 7.87. The molecule has 0 bridgehead atoms. The van der Waals surface area contributed by atoms with Crippen LogP contribution in [0.1, 0.15) is 12.5 Å². The van der Waals surface area contributed by atoms with Gasteiger partial charge in [0.1, 0.15) is 6.33 Å². The molecule has 21 heavy (non-hydrogen) atoms. The summed E-state index contributed by atoms with van der Waals surface area (Å²) >= 11 is 0. The predicted octanol–water partition coefficient (Wildman–Crippen LogP) is 2.30. The molecule has 0 fully saturated rings. The first kappa shape index (κ1) is 13.3. The molecule has 1 atom stereocenters. The van der Waals surface area contributed by atoms with Gasteiger partial charge < -0.3 is 10.6 Å². The Balaban J connectivity index is 2.18. The van der Waals surface area contributed by atoms with Gasteiger partial charge in [0, 0.05) is 12.2 Å². The number of nitro groups is 1. The molecule has 0 saturated carbocycles. The van der Waals surface area contributed by atoms with Crippen molar-refractivity contribution in [2.75, 3.05) is 17.2 Å². The van der Waals surface area contributed by atoms with Crippen molar-refractivity contribution in [2.45, 2.75) is 13.3 Å². The van der Waals surface area contributed by atoms with Crippen molar-refractivity contribution in [1.29, 1.82) is 0 Å². The quantitative estimate of drug-likeness (QED) is 0.671. The van der Waals surface area contributed by atoms with E-state index in [1.54, 1.807) is 0 Å². The lowest BCUT2D eigenvalue weighted by Gasteiger charge is -2.33. The first-order chi connectivity index (χ1) is 10.1. The van der Waals surface area contributed by atoms with E-state index in [1.807, 2.05) is 29.2 Å². The average molecular weight is 285 g/mol. The molecule has 1 aliphatic heterocycles. The molecule has 1 aromatic heterocycles. The zero-order valence-electron chi connectivity index (χ0n) is 11.6. The number of hydrogen-bond donors (Lipinski definition) is 1. The van der Waals surface area contributed by atoms with Crippen molar-refractivity contribution in [2.24, 2.45) is 5.92 Å². The van der Waals surface area contributed by atoms with Gasteiger partial charge in [-0.2, -0.15) is 0 Å². The summed E-state index contributed by atoms with van der Waals surface area (Å²) in [6.45, 7) is 2.77. The fraction of sp³-hybridized carbons (Fsp3) is 0.286. The van der Waals surface area contributed by atoms with E-state index in [0.29, 0.717) is 12.5 Å². The van der Waals surface area contributed by atoms with Crippen LogP contribution >= 0.6 is 0 Å². The minimum Gasteiger partial charge on any atom is -0.378 e. The number of nitrogens with zero attached hydrogens (tertiary/aromatic N) is 4. The zero-order valence-corrected chi connectivity index (χ0v) is 11.6. The number of nitrogen functional groups attached to an aromatic ring is 1. The van der Waals surface area contributed by atoms with E-state index in [0.717, 1.165) is 17.7 Å². The Morgan fingerprint density at radius 2 is 2.14 bits per heavy atom. The molecular weight excluding hydrogens is 270 g/mol. The third kappa shape index (κ3) is 2.26. The molecule has 2 aromatic rings. The molecule has 0 spiro atoms. The molecule has 0 saturated heterocycles. The Labute approximate surface area is 121 Å². The van der Waals surface area contributed by atoms with Crippen molar-refractivity contribution in [1.82, 2.24) is 9.97 Å². The monoisotopic (exact) mass is 285 g/mol. The van der Waals surface area contributed by atoms with Gasteiger partial charge in [-0.05, 0) is 24.0 Å². The molecule has 1 aliphatic rings. The highest BCUT2D eigenvalue weighted by molar-refractivity contribution is 5.76. The third-order valence-corrected chi connectivity index (χ3v) is 3.61. The Kier molecular flexibility index (Phi) is 3.17. The van der Waals surface area contributed by atoms with Crippen molar-refractivity contribution in [3.63, 3.8) is 0 Å². The Hall–Kier alpha value is -2.70. The third-order valence-electron chi connectivity index (χ3n) is 3.61. The van der Waals surface area contributed by atoms with Gasteiger partial charge >= 0.3 is 5.69 Å². The highest BCUT2D eigenvalue weighted by Crippen LogP contribution is 2.39. The Bertz CT molecular complexity index is 704. The number of benzene rings is 1. The Morgan fingerprint density at radius 1 is 1.38 bits per heavy atom. The second-order valence-corrected chi connectivity index (χ2v) is 5.24. The van der Waals surface area contributed by atoms with E-state index in [1.165, 1.54) is 6.33 Å². The van der Waals surface area contributed by atoms with Crippen LogP contribution in [0, 0.1) is 16.0 Å². The number of anilines is 3. The van der Waals surface area contributed by atoms with Gasteiger partial charge in [-0.15, -0.1) is 0 Å². The van der Waals surface area contributed by atoms with Crippen LogP contribution in [-0.4, -0.2) is 21.4 Å². The zero-order chi connectivity index (χ0) is 15.0. The van der Waals surface area contributed by atoms with Crippen molar-refractivity contribution in [3.8, 4) is 0 Å². The highest BCUT2D eigenvalue weighted by Gasteiger charge is 2.31. The lowest BCUT2D eigenvalue weighted by molar-refractivity contribution is -0.383. The standard InChI is InChI=1S/C14H15N5O2/c1-9-6-10-4-2-3-5-11(10)18(7-9)14-12(19(20)21)13(15)16-8-17-14/h2-5,8-9H,6-7H2,1H3,(H2,15,16,17). The van der Waals surface area contributed by atoms with Gasteiger partial charge in [-0.25, -0.2) is 9.97 Å². The normalized spacial score (nSPS) is 17.4. The minimum absolute atomic E-state index is 0.110. The fourth-order valence-corrected chi connectivity index (χ4v) is 2.75. The maximum atomic E-state index is 11.3. The predicted molar refractivity (Wildman–Crippen MR) is 79.4 cm³/mol. The van der Waals surface area contributed by atoms with E-state index in [-0.39, 0.29) is 17.3 Å². The number of nitrogens with two attached hydrogens (primary N) is 1. The molecule has 3 rings (SSSR count). The van der Waals surface area contributed by atoms with Gasteiger partial charge in [-0.1, -0.05) is 25.1 Å². The molecule has 0 amide bonds. The van der Waals surface area contributed by atoms with E-state index < -0.39 is 4.92 Å². The molecule has 0 aliphatic carbocycles. The first-order valence-electron chi connectivity index (χ1n) is 6.68. The Morgan fingerprint density at radius 3 is 2.90 bits per heavy atom. The topological polar surface area (TPSA) is 98.2 Å². The summed E-state index contributed by atoms with van der Waals surface area (Å²) in [6.07, 6.45) is 2.21. The largest absolute Gasteiger partial charge is 0.378 e. The molecule has 2 heterocycles. The molecular formula is C14H15N5O2. The summed E-state index contributed by atoms with van der Waals surface area (Å²) in [5.41, 5.74) is 7.53. The van der Waals surface area contributed by atoms with E-state index in [4.69, 9.17) is 5.73 Å². The lowest BCUT2D eigenvalue weighted by Crippen LogP contribution is -2.31. The van der Waals surface area contributed by atoms with Crippen LogP contribution in [0.5, 0.6) is 0 Å². The molecule has 1 unspecified atom stereocenters. The van der Waals surface area contributed by atoms with Gasteiger partial charge in [0.05, 0.1) is 4.92 Å². The van der Waals surface area contributed by atoms with Gasteiger partial charge in [0.25, 0.3) is 0 Å². The van der Waals surface area contributed by atoms with Crippen molar-refractivity contribution >= 4 is 23.0 Å². The number of hydrogen-bond acceptors (Lipinski definition) is 6. The van der Waals surface area contributed by atoms with Gasteiger partial charge in [0.15, 0.2) is 0 Å². The average Bonchev–Trinajstić information content (AvgIpc) is 2.45. The summed E-state index contributed by atoms with van der Waals surface area (Å²) in [4.78, 5) is 20.5. The molecule has 108 valence electrons. The van der Waals surface area contributed by atoms with Crippen LogP contribution in [0.25, 0.3) is 0 Å². The van der Waals surface area contributed by atoms with Crippen LogP contribution < -0.4 is 10.6 Å². The van der Waals surface area contributed by atoms with Crippen LogP contribution in [0.2, 0.25) is 0 Å². The fourth-order valence-electron chi connectivity index (χ4n) is 2.75. The molecule has 7 heteroatoms. The highest BCUT2D eigenvalue weighted by atomic mass is 16.6. The molecule has 0 radical (unpaired) electrons. The maximum Gasteiger partial charge on any atom is 0.353 e. The van der Waals surface area contributed by atoms with Crippen LogP contribution in [-0.2, 0) is 6.42 Å². The number of para-hydroxylation sites is 1. The van der Waals surface area contributed by atoms with Gasteiger partial charge in [0.2, 0.25) is 11.6 Å². The van der Waals surface area contributed by atoms with Gasteiger partial charge in [-0.3, -0.25) is 10.1 Å². The maximum absolute atomic E-state index is 11.3. The smallest absolute Gasteiger partial charge is 0.353 e. The van der Waals surface area contributed by atoms with E-state index in [2.05, 4.69) is 16.9 Å². The number of fused-ring (bicyclic) bond motifs is 1. The number of rotatable bonds is 2. The van der Waals surface area contributed by atoms with Crippen LogP contribution in [0.3, 0.4) is 0 Å². The lowest BCUT2D eigenvalue weighted by atomic mass is 9.94.